The summed E-state index contributed by atoms with van der Waals surface area (Å²) in [6.07, 6.45) is 1.33. The first-order valence-corrected chi connectivity index (χ1v) is 4.22. The summed E-state index contributed by atoms with van der Waals surface area (Å²) in [5.41, 5.74) is 0.795. The number of anilines is 1. The Balaban J connectivity index is 2.09. The summed E-state index contributed by atoms with van der Waals surface area (Å²) < 4.78 is 0. The Morgan fingerprint density at radius 3 is 2.67 bits per heavy atom. The van der Waals surface area contributed by atoms with Crippen LogP contribution >= 0.6 is 0 Å². The van der Waals surface area contributed by atoms with Gasteiger partial charge in [0, 0.05) is 5.69 Å². The molecule has 2 rings (SSSR count). The Labute approximate surface area is 84.9 Å². The van der Waals surface area contributed by atoms with Crippen LogP contribution in [0.4, 0.5) is 5.69 Å². The molecule has 0 radical (unpaired) electrons. The van der Waals surface area contributed by atoms with Crippen LogP contribution in [-0.2, 0) is 0 Å². The minimum absolute atomic E-state index is 0.148. The zero-order valence-corrected chi connectivity index (χ0v) is 7.64. The average Bonchev–Trinajstić information content (AvgIpc) is 2.74. The smallest absolute Gasteiger partial charge is 0.277 e. The molecule has 1 aromatic heterocycles. The molecule has 6 nitrogen and oxygen atoms in total. The number of aromatic nitrogens is 3. The molecule has 0 aliphatic heterocycles. The maximum absolute atomic E-state index is 11.5. The van der Waals surface area contributed by atoms with Gasteiger partial charge in [-0.2, -0.15) is 15.4 Å². The van der Waals surface area contributed by atoms with Crippen molar-refractivity contribution in [2.24, 2.45) is 0 Å². The van der Waals surface area contributed by atoms with E-state index in [0.717, 1.165) is 0 Å². The van der Waals surface area contributed by atoms with E-state index in [2.05, 4.69) is 20.7 Å². The Hall–Kier alpha value is -2.37. The lowest BCUT2D eigenvalue weighted by Gasteiger charge is -2.01. The number of aromatic hydroxyl groups is 1. The second-order valence-electron chi connectivity index (χ2n) is 2.86. The number of benzene rings is 1. The molecule has 0 aliphatic carbocycles. The molecule has 0 atom stereocenters. The van der Waals surface area contributed by atoms with Gasteiger partial charge in [0.2, 0.25) is 0 Å². The predicted molar refractivity (Wildman–Crippen MR) is 52.4 cm³/mol. The zero-order chi connectivity index (χ0) is 10.7. The Kier molecular flexibility index (Phi) is 2.32. The van der Waals surface area contributed by atoms with Crippen LogP contribution < -0.4 is 5.32 Å². The van der Waals surface area contributed by atoms with E-state index < -0.39 is 0 Å². The highest BCUT2D eigenvalue weighted by Crippen LogP contribution is 2.14. The van der Waals surface area contributed by atoms with Gasteiger partial charge < -0.3 is 10.4 Å². The van der Waals surface area contributed by atoms with Crippen LogP contribution in [0.25, 0.3) is 0 Å². The van der Waals surface area contributed by atoms with E-state index in [1.54, 1.807) is 12.1 Å². The molecule has 1 aromatic carbocycles. The number of nitrogens with one attached hydrogen (secondary N) is 2. The molecule has 15 heavy (non-hydrogen) atoms. The van der Waals surface area contributed by atoms with Gasteiger partial charge in [-0.25, -0.2) is 0 Å². The highest BCUT2D eigenvalue weighted by molar-refractivity contribution is 6.02. The predicted octanol–water partition coefficient (Wildman–Crippen LogP) is 0.763. The van der Waals surface area contributed by atoms with E-state index in [-0.39, 0.29) is 17.4 Å². The number of hydrogen-bond acceptors (Lipinski definition) is 4. The SMILES string of the molecule is O=C(Nc1ccc(O)cc1)c1cn[nH]n1. The summed E-state index contributed by atoms with van der Waals surface area (Å²) in [6.45, 7) is 0. The van der Waals surface area contributed by atoms with Crippen molar-refractivity contribution in [2.45, 2.75) is 0 Å². The fourth-order valence-electron chi connectivity index (χ4n) is 1.05. The van der Waals surface area contributed by atoms with E-state index in [4.69, 9.17) is 5.11 Å². The van der Waals surface area contributed by atoms with Gasteiger partial charge in [0.1, 0.15) is 5.75 Å². The van der Waals surface area contributed by atoms with Crippen molar-refractivity contribution in [1.29, 1.82) is 0 Å². The molecular formula is C9H8N4O2. The molecular weight excluding hydrogens is 196 g/mol. The number of rotatable bonds is 2. The van der Waals surface area contributed by atoms with Crippen molar-refractivity contribution in [3.63, 3.8) is 0 Å². The van der Waals surface area contributed by atoms with Crippen LogP contribution in [0.3, 0.4) is 0 Å². The summed E-state index contributed by atoms with van der Waals surface area (Å²) in [4.78, 5) is 11.5. The summed E-state index contributed by atoms with van der Waals surface area (Å²) >= 11 is 0. The number of H-pyrrole nitrogens is 1. The topological polar surface area (TPSA) is 90.9 Å². The number of aromatic amines is 1. The van der Waals surface area contributed by atoms with Crippen LogP contribution in [-0.4, -0.2) is 26.4 Å². The van der Waals surface area contributed by atoms with Crippen LogP contribution in [0, 0.1) is 0 Å². The van der Waals surface area contributed by atoms with Crippen LogP contribution in [0.1, 0.15) is 10.5 Å². The number of phenolic OH excluding ortho intramolecular Hbond substituents is 1. The Morgan fingerprint density at radius 2 is 2.07 bits per heavy atom. The van der Waals surface area contributed by atoms with Crippen molar-refractivity contribution in [3.8, 4) is 5.75 Å². The van der Waals surface area contributed by atoms with Gasteiger partial charge in [0.15, 0.2) is 5.69 Å². The quantitative estimate of drug-likeness (QED) is 0.630. The number of carbonyl (C=O) groups excluding carboxylic acids is 1. The maximum atomic E-state index is 11.5. The van der Waals surface area contributed by atoms with Gasteiger partial charge >= 0.3 is 0 Å². The fourth-order valence-corrected chi connectivity index (χ4v) is 1.05. The highest BCUT2D eigenvalue weighted by atomic mass is 16.3. The maximum Gasteiger partial charge on any atom is 0.277 e. The summed E-state index contributed by atoms with van der Waals surface area (Å²) in [7, 11) is 0. The molecule has 76 valence electrons. The Morgan fingerprint density at radius 1 is 1.33 bits per heavy atom. The van der Waals surface area contributed by atoms with Crippen LogP contribution in [0.2, 0.25) is 0 Å². The van der Waals surface area contributed by atoms with Crippen molar-refractivity contribution in [3.05, 3.63) is 36.2 Å². The molecule has 0 bridgehead atoms. The van der Waals surface area contributed by atoms with Gasteiger partial charge in [0.05, 0.1) is 6.20 Å². The lowest BCUT2D eigenvalue weighted by Crippen LogP contribution is -2.12. The molecule has 6 heteroatoms. The standard InChI is InChI=1S/C9H8N4O2/c14-7-3-1-6(2-4-7)11-9(15)8-5-10-13-12-8/h1-5,14H,(H,11,15)(H,10,12,13). The lowest BCUT2D eigenvalue weighted by atomic mass is 10.3. The second-order valence-corrected chi connectivity index (χ2v) is 2.86. The first-order valence-electron chi connectivity index (χ1n) is 4.22. The summed E-state index contributed by atoms with van der Waals surface area (Å²) in [5.74, 6) is -0.205. The molecule has 0 fully saturated rings. The molecule has 0 unspecified atom stereocenters. The largest absolute Gasteiger partial charge is 0.508 e. The molecule has 0 saturated carbocycles. The summed E-state index contributed by atoms with van der Waals surface area (Å²) in [5, 5.41) is 21.1. The number of amides is 1. The zero-order valence-electron chi connectivity index (χ0n) is 7.64. The number of carbonyl (C=O) groups is 1. The highest BCUT2D eigenvalue weighted by Gasteiger charge is 2.08. The van der Waals surface area contributed by atoms with Gasteiger partial charge in [-0.05, 0) is 24.3 Å². The first kappa shape index (κ1) is 9.20. The summed E-state index contributed by atoms with van der Waals surface area (Å²) in [6, 6.07) is 6.15. The number of hydrogen-bond donors (Lipinski definition) is 3. The molecule has 1 amide bonds. The second kappa shape index (κ2) is 3.79. The lowest BCUT2D eigenvalue weighted by molar-refractivity contribution is 0.102. The van der Waals surface area contributed by atoms with E-state index in [1.165, 1.54) is 18.3 Å². The third kappa shape index (κ3) is 2.11. The van der Waals surface area contributed by atoms with Crippen LogP contribution in [0.5, 0.6) is 5.75 Å². The van der Waals surface area contributed by atoms with E-state index in [1.807, 2.05) is 0 Å². The van der Waals surface area contributed by atoms with Crippen molar-refractivity contribution in [2.75, 3.05) is 5.32 Å². The molecule has 1 heterocycles. The van der Waals surface area contributed by atoms with Crippen molar-refractivity contribution >= 4 is 11.6 Å². The van der Waals surface area contributed by atoms with E-state index >= 15 is 0 Å². The third-order valence-corrected chi connectivity index (χ3v) is 1.77. The van der Waals surface area contributed by atoms with Gasteiger partial charge in [-0.3, -0.25) is 4.79 Å². The fraction of sp³-hybridized carbons (Fsp3) is 0. The normalized spacial score (nSPS) is 9.87. The van der Waals surface area contributed by atoms with Crippen molar-refractivity contribution < 1.29 is 9.90 Å². The van der Waals surface area contributed by atoms with Gasteiger partial charge in [0.25, 0.3) is 5.91 Å². The van der Waals surface area contributed by atoms with Crippen LogP contribution in [0.15, 0.2) is 30.5 Å². The molecule has 0 spiro atoms. The van der Waals surface area contributed by atoms with E-state index in [0.29, 0.717) is 5.69 Å². The van der Waals surface area contributed by atoms with Gasteiger partial charge in [-0.15, -0.1) is 0 Å². The molecule has 2 aromatic rings. The molecule has 0 saturated heterocycles. The number of nitrogens with zero attached hydrogens (tertiary/aromatic N) is 2. The molecule has 3 N–H and O–H groups in total. The average molecular weight is 204 g/mol. The first-order chi connectivity index (χ1) is 7.25. The molecule has 0 aliphatic rings. The Bertz CT molecular complexity index is 449. The minimum Gasteiger partial charge on any atom is -0.508 e. The van der Waals surface area contributed by atoms with E-state index in [9.17, 15) is 4.79 Å². The number of phenols is 1. The monoisotopic (exact) mass is 204 g/mol. The van der Waals surface area contributed by atoms with Gasteiger partial charge in [-0.1, -0.05) is 0 Å². The van der Waals surface area contributed by atoms with Crippen molar-refractivity contribution in [1.82, 2.24) is 15.4 Å². The minimum atomic E-state index is -0.352. The third-order valence-electron chi connectivity index (χ3n) is 1.77.